The fraction of sp³-hybridized carbons (Fsp3) is 0.400. The van der Waals surface area contributed by atoms with Crippen molar-refractivity contribution in [1.82, 2.24) is 14.9 Å². The van der Waals surface area contributed by atoms with Crippen LogP contribution < -0.4 is 5.73 Å². The van der Waals surface area contributed by atoms with Gasteiger partial charge in [0, 0.05) is 30.7 Å². The molecule has 5 heteroatoms. The number of hydrazone groups is 1. The van der Waals surface area contributed by atoms with Gasteiger partial charge in [-0.05, 0) is 43.8 Å². The van der Waals surface area contributed by atoms with Crippen LogP contribution >= 0.6 is 0 Å². The van der Waals surface area contributed by atoms with Crippen molar-refractivity contribution >= 4 is 17.2 Å². The topological polar surface area (TPSA) is 60.7 Å². The van der Waals surface area contributed by atoms with Crippen molar-refractivity contribution in [1.29, 1.82) is 0 Å². The number of nitrogens with one attached hydrogen (secondary N) is 1. The van der Waals surface area contributed by atoms with E-state index in [1.165, 1.54) is 28.4 Å². The monoisotopic (exact) mass is 273 g/mol. The number of aromatic amines is 1. The van der Waals surface area contributed by atoms with E-state index in [1.54, 1.807) is 0 Å². The zero-order valence-electron chi connectivity index (χ0n) is 12.4. The number of aromatic nitrogens is 1. The van der Waals surface area contributed by atoms with E-state index in [4.69, 9.17) is 5.73 Å². The van der Waals surface area contributed by atoms with Gasteiger partial charge in [-0.25, -0.2) is 0 Å². The molecule has 0 atom stereocenters. The number of rotatable bonds is 6. The highest BCUT2D eigenvalue weighted by Gasteiger charge is 2.06. The van der Waals surface area contributed by atoms with E-state index in [2.05, 4.69) is 53.5 Å². The summed E-state index contributed by atoms with van der Waals surface area (Å²) >= 11 is 0. The Bertz CT molecular complexity index is 585. The van der Waals surface area contributed by atoms with Gasteiger partial charge in [-0.1, -0.05) is 6.07 Å². The maximum atomic E-state index is 5.31. The summed E-state index contributed by atoms with van der Waals surface area (Å²) in [6, 6.07) is 6.49. The van der Waals surface area contributed by atoms with Crippen LogP contribution in [0.4, 0.5) is 0 Å². The molecule has 0 aliphatic carbocycles. The maximum absolute atomic E-state index is 5.31. The van der Waals surface area contributed by atoms with Crippen LogP contribution in [0.1, 0.15) is 11.1 Å². The molecule has 0 saturated carbocycles. The fourth-order valence-corrected chi connectivity index (χ4v) is 2.29. The van der Waals surface area contributed by atoms with E-state index in [9.17, 15) is 0 Å². The lowest BCUT2D eigenvalue weighted by molar-refractivity contribution is 0.348. The number of benzene rings is 1. The molecule has 20 heavy (non-hydrogen) atoms. The van der Waals surface area contributed by atoms with Crippen LogP contribution in [0.15, 0.2) is 29.5 Å². The van der Waals surface area contributed by atoms with Gasteiger partial charge in [0.2, 0.25) is 0 Å². The number of hydrogen-bond acceptors (Lipinski definition) is 3. The van der Waals surface area contributed by atoms with E-state index >= 15 is 0 Å². The Morgan fingerprint density at radius 3 is 2.80 bits per heavy atom. The van der Waals surface area contributed by atoms with Gasteiger partial charge in [-0.2, -0.15) is 5.10 Å². The number of fused-ring (bicyclic) bond motifs is 1. The van der Waals surface area contributed by atoms with Crippen molar-refractivity contribution in [3.05, 3.63) is 35.5 Å². The second-order valence-corrected chi connectivity index (χ2v) is 5.33. The van der Waals surface area contributed by atoms with Gasteiger partial charge >= 0.3 is 0 Å². The first-order valence-corrected chi connectivity index (χ1v) is 6.79. The molecular weight excluding hydrogens is 250 g/mol. The summed E-state index contributed by atoms with van der Waals surface area (Å²) in [5.74, 6) is 0. The molecule has 0 radical (unpaired) electrons. The third kappa shape index (κ3) is 3.51. The Morgan fingerprint density at radius 2 is 2.10 bits per heavy atom. The third-order valence-corrected chi connectivity index (χ3v) is 3.34. The minimum Gasteiger partial charge on any atom is -0.388 e. The van der Waals surface area contributed by atoms with Crippen molar-refractivity contribution < 1.29 is 0 Å². The van der Waals surface area contributed by atoms with Crippen LogP contribution in [0.25, 0.3) is 10.9 Å². The predicted molar refractivity (Wildman–Crippen MR) is 84.7 cm³/mol. The van der Waals surface area contributed by atoms with Gasteiger partial charge in [0.1, 0.15) is 6.34 Å². The van der Waals surface area contributed by atoms with Gasteiger partial charge in [0.15, 0.2) is 0 Å². The first-order valence-electron chi connectivity index (χ1n) is 6.79. The Morgan fingerprint density at radius 1 is 1.30 bits per heavy atom. The molecule has 0 aliphatic heterocycles. The van der Waals surface area contributed by atoms with Crippen molar-refractivity contribution in [3.8, 4) is 0 Å². The van der Waals surface area contributed by atoms with Gasteiger partial charge in [-0.3, -0.25) is 5.01 Å². The van der Waals surface area contributed by atoms with Crippen LogP contribution in [0.2, 0.25) is 0 Å². The molecule has 2 rings (SSSR count). The summed E-state index contributed by atoms with van der Waals surface area (Å²) in [7, 11) is 6.11. The highest BCUT2D eigenvalue weighted by molar-refractivity contribution is 5.83. The fourth-order valence-electron chi connectivity index (χ4n) is 2.29. The van der Waals surface area contributed by atoms with Crippen molar-refractivity contribution in [2.75, 3.05) is 27.7 Å². The molecule has 2 aromatic rings. The Labute approximate surface area is 120 Å². The molecule has 0 bridgehead atoms. The van der Waals surface area contributed by atoms with Gasteiger partial charge in [0.05, 0.1) is 6.54 Å². The largest absolute Gasteiger partial charge is 0.388 e. The summed E-state index contributed by atoms with van der Waals surface area (Å²) in [5.41, 5.74) is 9.09. The first kappa shape index (κ1) is 14.4. The van der Waals surface area contributed by atoms with E-state index in [1.807, 2.05) is 12.1 Å². The normalized spacial score (nSPS) is 11.8. The second kappa shape index (κ2) is 6.43. The molecule has 0 unspecified atom stereocenters. The number of nitrogens with two attached hydrogens (primary N) is 1. The zero-order valence-corrected chi connectivity index (χ0v) is 12.4. The van der Waals surface area contributed by atoms with Crippen LogP contribution in [0.3, 0.4) is 0 Å². The SMILES string of the molecule is CN(C)CCc1c[nH]c2ccc(CN(C)/N=C\N)cc12. The van der Waals surface area contributed by atoms with Crippen molar-refractivity contribution in [2.24, 2.45) is 10.8 Å². The average Bonchev–Trinajstić information content (AvgIpc) is 2.79. The van der Waals surface area contributed by atoms with Crippen LogP contribution in [-0.4, -0.2) is 48.9 Å². The summed E-state index contributed by atoms with van der Waals surface area (Å²) in [6.07, 6.45) is 4.48. The second-order valence-electron chi connectivity index (χ2n) is 5.33. The number of H-pyrrole nitrogens is 1. The van der Waals surface area contributed by atoms with Crippen LogP contribution in [0.5, 0.6) is 0 Å². The molecular formula is C15H23N5. The predicted octanol–water partition coefficient (Wildman–Crippen LogP) is 1.61. The standard InChI is InChI=1S/C15H23N5/c1-19(2)7-6-13-9-17-15-5-4-12(8-14(13)15)10-20(3)18-11-16/h4-5,8-9,11,17H,6-7,10H2,1-3H3,(H2,16,18). The molecule has 1 heterocycles. The Balaban J connectivity index is 2.20. The summed E-state index contributed by atoms with van der Waals surface area (Å²) < 4.78 is 0. The summed E-state index contributed by atoms with van der Waals surface area (Å²) in [6.45, 7) is 1.80. The molecule has 0 fully saturated rings. The van der Waals surface area contributed by atoms with Crippen LogP contribution in [-0.2, 0) is 13.0 Å². The lowest BCUT2D eigenvalue weighted by Crippen LogP contribution is -2.15. The maximum Gasteiger partial charge on any atom is 0.106 e. The quantitative estimate of drug-likeness (QED) is 0.477. The molecule has 1 aromatic carbocycles. The smallest absolute Gasteiger partial charge is 0.106 e. The number of nitrogens with zero attached hydrogens (tertiary/aromatic N) is 3. The molecule has 5 nitrogen and oxygen atoms in total. The van der Waals surface area contributed by atoms with Crippen LogP contribution in [0, 0.1) is 0 Å². The number of hydrogen-bond donors (Lipinski definition) is 2. The van der Waals surface area contributed by atoms with E-state index in [0.717, 1.165) is 19.5 Å². The molecule has 3 N–H and O–H groups in total. The summed E-state index contributed by atoms with van der Waals surface area (Å²) in [5, 5.41) is 7.17. The van der Waals surface area contributed by atoms with Gasteiger partial charge in [0.25, 0.3) is 0 Å². The molecule has 0 amide bonds. The lowest BCUT2D eigenvalue weighted by atomic mass is 10.1. The van der Waals surface area contributed by atoms with Gasteiger partial charge in [-0.15, -0.1) is 0 Å². The summed E-state index contributed by atoms with van der Waals surface area (Å²) in [4.78, 5) is 5.54. The molecule has 0 aliphatic rings. The molecule has 108 valence electrons. The minimum absolute atomic E-state index is 0.752. The third-order valence-electron chi connectivity index (χ3n) is 3.34. The molecule has 0 spiro atoms. The number of likely N-dealkylation sites (N-methyl/N-ethyl adjacent to an activating group) is 1. The molecule has 1 aromatic heterocycles. The van der Waals surface area contributed by atoms with E-state index in [-0.39, 0.29) is 0 Å². The van der Waals surface area contributed by atoms with Gasteiger partial charge < -0.3 is 15.6 Å². The zero-order chi connectivity index (χ0) is 14.5. The first-order chi connectivity index (χ1) is 9.60. The minimum atomic E-state index is 0.752. The highest BCUT2D eigenvalue weighted by atomic mass is 15.4. The highest BCUT2D eigenvalue weighted by Crippen LogP contribution is 2.21. The Hall–Kier alpha value is -2.01. The Kier molecular flexibility index (Phi) is 4.63. The average molecular weight is 273 g/mol. The molecule has 0 saturated heterocycles. The van der Waals surface area contributed by atoms with Crippen molar-refractivity contribution in [2.45, 2.75) is 13.0 Å². The van der Waals surface area contributed by atoms with E-state index in [0.29, 0.717) is 0 Å². The van der Waals surface area contributed by atoms with Crippen molar-refractivity contribution in [3.63, 3.8) is 0 Å². The van der Waals surface area contributed by atoms with E-state index < -0.39 is 0 Å². The lowest BCUT2D eigenvalue weighted by Gasteiger charge is -2.12.